The van der Waals surface area contributed by atoms with E-state index in [2.05, 4.69) is 15.3 Å². The van der Waals surface area contributed by atoms with E-state index in [0.29, 0.717) is 17.3 Å². The first-order chi connectivity index (χ1) is 13.7. The number of rotatable bonds is 6. The first-order valence-corrected chi connectivity index (χ1v) is 9.93. The van der Waals surface area contributed by atoms with Gasteiger partial charge in [0.25, 0.3) is 5.91 Å². The highest BCUT2D eigenvalue weighted by Crippen LogP contribution is 2.18. The summed E-state index contributed by atoms with van der Waals surface area (Å²) >= 11 is 5.90. The molecular formula is C21H23ClN4O2. The van der Waals surface area contributed by atoms with E-state index in [9.17, 15) is 4.79 Å². The molecule has 1 saturated heterocycles. The largest absolute Gasteiger partial charge is 0.455 e. The summed E-state index contributed by atoms with van der Waals surface area (Å²) in [6.07, 6.45) is 7.13. The monoisotopic (exact) mass is 398 g/mol. The van der Waals surface area contributed by atoms with E-state index in [1.807, 2.05) is 30.3 Å². The molecule has 7 heteroatoms. The number of likely N-dealkylation sites (tertiary alicyclic amines) is 1. The topological polar surface area (TPSA) is 63.3 Å². The first-order valence-electron chi connectivity index (χ1n) is 9.55. The zero-order chi connectivity index (χ0) is 19.3. The van der Waals surface area contributed by atoms with Crippen molar-refractivity contribution >= 4 is 23.2 Å². The van der Waals surface area contributed by atoms with Crippen molar-refractivity contribution < 1.29 is 9.21 Å². The Labute approximate surface area is 169 Å². The van der Waals surface area contributed by atoms with Crippen molar-refractivity contribution in [2.45, 2.75) is 32.4 Å². The number of nitrogens with one attached hydrogen (secondary N) is 1. The van der Waals surface area contributed by atoms with Crippen LogP contribution in [0.5, 0.6) is 0 Å². The van der Waals surface area contributed by atoms with Gasteiger partial charge in [-0.15, -0.1) is 0 Å². The molecule has 0 saturated carbocycles. The third-order valence-corrected chi connectivity index (χ3v) is 5.04. The summed E-state index contributed by atoms with van der Waals surface area (Å²) < 4.78 is 7.52. The normalized spacial score (nSPS) is 14.9. The van der Waals surface area contributed by atoms with Crippen LogP contribution in [0, 0.1) is 0 Å². The summed E-state index contributed by atoms with van der Waals surface area (Å²) in [5.41, 5.74) is 1.73. The third-order valence-electron chi connectivity index (χ3n) is 4.84. The lowest BCUT2D eigenvalue weighted by atomic mass is 10.1. The minimum Gasteiger partial charge on any atom is -0.455 e. The SMILES string of the molecule is O=C(Nc1cccc(Cn2cc(Cl)cn2)c1)c1ccc(CN2CCCCC2)o1. The maximum absolute atomic E-state index is 12.5. The first kappa shape index (κ1) is 18.8. The molecule has 0 radical (unpaired) electrons. The lowest BCUT2D eigenvalue weighted by molar-refractivity contribution is 0.0992. The van der Waals surface area contributed by atoms with Crippen LogP contribution in [0.4, 0.5) is 5.69 Å². The van der Waals surface area contributed by atoms with Crippen molar-refractivity contribution in [3.8, 4) is 0 Å². The highest BCUT2D eigenvalue weighted by molar-refractivity contribution is 6.30. The molecule has 1 amide bonds. The van der Waals surface area contributed by atoms with E-state index >= 15 is 0 Å². The lowest BCUT2D eigenvalue weighted by Gasteiger charge is -2.25. The van der Waals surface area contributed by atoms with Gasteiger partial charge in [-0.05, 0) is 55.8 Å². The van der Waals surface area contributed by atoms with E-state index in [1.165, 1.54) is 19.3 Å². The minimum atomic E-state index is -0.246. The Bertz CT molecular complexity index is 943. The fourth-order valence-corrected chi connectivity index (χ4v) is 3.63. The van der Waals surface area contributed by atoms with Gasteiger partial charge in [0.15, 0.2) is 5.76 Å². The Balaban J connectivity index is 1.37. The molecule has 1 aromatic carbocycles. The maximum atomic E-state index is 12.5. The average Bonchev–Trinajstić information content (AvgIpc) is 3.32. The van der Waals surface area contributed by atoms with Gasteiger partial charge in [0.2, 0.25) is 0 Å². The number of hydrogen-bond donors (Lipinski definition) is 1. The smallest absolute Gasteiger partial charge is 0.291 e. The Morgan fingerprint density at radius 3 is 2.79 bits per heavy atom. The van der Waals surface area contributed by atoms with Crippen molar-refractivity contribution in [3.05, 3.63) is 70.9 Å². The number of halogens is 1. The van der Waals surface area contributed by atoms with Gasteiger partial charge in [0.05, 0.1) is 24.3 Å². The van der Waals surface area contributed by atoms with Crippen LogP contribution in [0.25, 0.3) is 0 Å². The Hall–Kier alpha value is -2.57. The second-order valence-corrected chi connectivity index (χ2v) is 7.55. The van der Waals surface area contributed by atoms with Crippen molar-refractivity contribution in [3.63, 3.8) is 0 Å². The van der Waals surface area contributed by atoms with Gasteiger partial charge in [-0.1, -0.05) is 30.2 Å². The molecule has 0 unspecified atom stereocenters. The van der Waals surface area contributed by atoms with E-state index in [0.717, 1.165) is 36.6 Å². The van der Waals surface area contributed by atoms with E-state index in [4.69, 9.17) is 16.0 Å². The van der Waals surface area contributed by atoms with Crippen LogP contribution in [0.3, 0.4) is 0 Å². The number of carbonyl (C=O) groups is 1. The number of carbonyl (C=O) groups excluding carboxylic acids is 1. The summed E-state index contributed by atoms with van der Waals surface area (Å²) in [5, 5.41) is 7.68. The van der Waals surface area contributed by atoms with Crippen molar-refractivity contribution in [2.24, 2.45) is 0 Å². The summed E-state index contributed by atoms with van der Waals surface area (Å²) in [6.45, 7) is 3.53. The standard InChI is InChI=1S/C21H23ClN4O2/c22-17-12-23-26(14-17)13-16-5-4-6-18(11-16)24-21(27)20-8-7-19(28-20)15-25-9-2-1-3-10-25/h4-8,11-12,14H,1-3,9-10,13,15H2,(H,24,27). The van der Waals surface area contributed by atoms with Crippen LogP contribution in [0.2, 0.25) is 5.02 Å². The van der Waals surface area contributed by atoms with Gasteiger partial charge in [0, 0.05) is 11.9 Å². The quantitative estimate of drug-likeness (QED) is 0.667. The molecule has 0 aliphatic carbocycles. The molecule has 3 heterocycles. The van der Waals surface area contributed by atoms with Gasteiger partial charge in [-0.25, -0.2) is 0 Å². The number of furan rings is 1. The van der Waals surface area contributed by atoms with Crippen LogP contribution in [-0.4, -0.2) is 33.7 Å². The number of benzene rings is 1. The highest BCUT2D eigenvalue weighted by atomic mass is 35.5. The number of hydrogen-bond acceptors (Lipinski definition) is 4. The lowest BCUT2D eigenvalue weighted by Crippen LogP contribution is -2.28. The van der Waals surface area contributed by atoms with E-state index in [1.54, 1.807) is 23.1 Å². The van der Waals surface area contributed by atoms with Crippen molar-refractivity contribution in [2.75, 3.05) is 18.4 Å². The molecule has 0 spiro atoms. The third kappa shape index (κ3) is 4.82. The molecule has 4 rings (SSSR count). The fourth-order valence-electron chi connectivity index (χ4n) is 3.47. The summed E-state index contributed by atoms with van der Waals surface area (Å²) in [5.74, 6) is 0.914. The predicted molar refractivity (Wildman–Crippen MR) is 109 cm³/mol. The van der Waals surface area contributed by atoms with Crippen molar-refractivity contribution in [1.82, 2.24) is 14.7 Å². The molecule has 0 atom stereocenters. The molecule has 28 heavy (non-hydrogen) atoms. The number of anilines is 1. The molecule has 1 aliphatic rings. The number of aromatic nitrogens is 2. The maximum Gasteiger partial charge on any atom is 0.291 e. The molecule has 1 N–H and O–H groups in total. The summed E-state index contributed by atoms with van der Waals surface area (Å²) in [4.78, 5) is 14.9. The summed E-state index contributed by atoms with van der Waals surface area (Å²) in [6, 6.07) is 11.3. The van der Waals surface area contributed by atoms with Gasteiger partial charge >= 0.3 is 0 Å². The average molecular weight is 399 g/mol. The molecule has 2 aromatic heterocycles. The second kappa shape index (κ2) is 8.63. The van der Waals surface area contributed by atoms with Crippen LogP contribution in [0.1, 0.15) is 41.1 Å². The molecule has 1 fully saturated rings. The number of amides is 1. The second-order valence-electron chi connectivity index (χ2n) is 7.11. The molecular weight excluding hydrogens is 376 g/mol. The highest BCUT2D eigenvalue weighted by Gasteiger charge is 2.15. The Morgan fingerprint density at radius 1 is 1.14 bits per heavy atom. The molecule has 1 aliphatic heterocycles. The Morgan fingerprint density at radius 2 is 2.00 bits per heavy atom. The van der Waals surface area contributed by atoms with E-state index in [-0.39, 0.29) is 5.91 Å². The number of nitrogens with zero attached hydrogens (tertiary/aromatic N) is 3. The zero-order valence-electron chi connectivity index (χ0n) is 15.6. The van der Waals surface area contributed by atoms with Crippen LogP contribution in [-0.2, 0) is 13.1 Å². The predicted octanol–water partition coefficient (Wildman–Crippen LogP) is 4.42. The van der Waals surface area contributed by atoms with Gasteiger partial charge in [0.1, 0.15) is 5.76 Å². The van der Waals surface area contributed by atoms with Crippen molar-refractivity contribution in [1.29, 1.82) is 0 Å². The van der Waals surface area contributed by atoms with Crippen LogP contribution in [0.15, 0.2) is 53.2 Å². The Kier molecular flexibility index (Phi) is 5.78. The van der Waals surface area contributed by atoms with Crippen LogP contribution >= 0.6 is 11.6 Å². The van der Waals surface area contributed by atoms with E-state index < -0.39 is 0 Å². The van der Waals surface area contributed by atoms with Gasteiger partial charge in [-0.2, -0.15) is 5.10 Å². The van der Waals surface area contributed by atoms with Gasteiger partial charge < -0.3 is 9.73 Å². The zero-order valence-corrected chi connectivity index (χ0v) is 16.4. The van der Waals surface area contributed by atoms with Gasteiger partial charge in [-0.3, -0.25) is 14.4 Å². The minimum absolute atomic E-state index is 0.246. The molecule has 0 bridgehead atoms. The molecule has 146 valence electrons. The summed E-state index contributed by atoms with van der Waals surface area (Å²) in [7, 11) is 0. The van der Waals surface area contributed by atoms with Crippen LogP contribution < -0.4 is 5.32 Å². The molecule has 6 nitrogen and oxygen atoms in total. The number of piperidine rings is 1. The molecule has 3 aromatic rings. The fraction of sp³-hybridized carbons (Fsp3) is 0.333.